The zero-order valence-electron chi connectivity index (χ0n) is 20.0. The monoisotopic (exact) mass is 418 g/mol. The molecule has 30 heavy (non-hydrogen) atoms. The molecular formula is C28H50O2. The predicted octanol–water partition coefficient (Wildman–Crippen LogP) is 9.56. The molecular weight excluding hydrogens is 368 g/mol. The number of carboxylic acids is 1. The molecule has 0 saturated heterocycles. The van der Waals surface area contributed by atoms with Crippen LogP contribution in [0.2, 0.25) is 0 Å². The summed E-state index contributed by atoms with van der Waals surface area (Å²) in [4.78, 5) is 10.4. The highest BCUT2D eigenvalue weighted by atomic mass is 16.4. The summed E-state index contributed by atoms with van der Waals surface area (Å²) in [6, 6.07) is 0. The largest absolute Gasteiger partial charge is 0.481 e. The summed E-state index contributed by atoms with van der Waals surface area (Å²) in [5.74, 6) is -0.659. The predicted molar refractivity (Wildman–Crippen MR) is 133 cm³/mol. The highest BCUT2D eigenvalue weighted by Gasteiger charge is 1.96. The fraction of sp³-hybridized carbons (Fsp3) is 0.750. The first-order valence-corrected chi connectivity index (χ1v) is 12.9. The van der Waals surface area contributed by atoms with Crippen molar-refractivity contribution >= 4 is 5.97 Å². The van der Waals surface area contributed by atoms with Gasteiger partial charge in [-0.3, -0.25) is 4.79 Å². The summed E-state index contributed by atoms with van der Waals surface area (Å²) in [5, 5.41) is 8.59. The summed E-state index contributed by atoms with van der Waals surface area (Å²) < 4.78 is 0. The van der Waals surface area contributed by atoms with E-state index in [4.69, 9.17) is 5.11 Å². The van der Waals surface area contributed by atoms with Crippen LogP contribution < -0.4 is 0 Å². The van der Waals surface area contributed by atoms with Crippen LogP contribution in [0, 0.1) is 0 Å². The third kappa shape index (κ3) is 26.7. The summed E-state index contributed by atoms with van der Waals surface area (Å²) >= 11 is 0. The number of rotatable bonds is 23. The average Bonchev–Trinajstić information content (AvgIpc) is 2.73. The van der Waals surface area contributed by atoms with E-state index in [0.29, 0.717) is 6.42 Å². The average molecular weight is 419 g/mol. The summed E-state index contributed by atoms with van der Waals surface area (Å²) in [5.41, 5.74) is 0. The van der Waals surface area contributed by atoms with Gasteiger partial charge in [-0.1, -0.05) is 120 Å². The number of unbranched alkanes of at least 4 members (excludes halogenated alkanes) is 15. The normalized spacial score (nSPS) is 12.0. The molecule has 174 valence electrons. The molecule has 2 nitrogen and oxygen atoms in total. The number of allylic oxidation sites excluding steroid dienone is 6. The van der Waals surface area contributed by atoms with E-state index < -0.39 is 5.97 Å². The molecule has 0 radical (unpaired) electrons. The van der Waals surface area contributed by atoms with Gasteiger partial charge in [0.05, 0.1) is 0 Å². The molecule has 0 bridgehead atoms. The highest BCUT2D eigenvalue weighted by Crippen LogP contribution is 2.12. The second-order valence-electron chi connectivity index (χ2n) is 8.56. The first-order valence-electron chi connectivity index (χ1n) is 12.9. The highest BCUT2D eigenvalue weighted by molar-refractivity contribution is 5.66. The van der Waals surface area contributed by atoms with E-state index in [1.54, 1.807) is 0 Å². The fourth-order valence-electron chi connectivity index (χ4n) is 3.60. The van der Waals surface area contributed by atoms with Gasteiger partial charge in [0, 0.05) is 6.42 Å². The van der Waals surface area contributed by atoms with Gasteiger partial charge >= 0.3 is 5.97 Å². The minimum atomic E-state index is -0.659. The molecule has 0 fully saturated rings. The molecule has 1 N–H and O–H groups in total. The first kappa shape index (κ1) is 28.7. The van der Waals surface area contributed by atoms with Crippen LogP contribution in [-0.4, -0.2) is 11.1 Å². The van der Waals surface area contributed by atoms with Crippen molar-refractivity contribution in [1.82, 2.24) is 0 Å². The maximum absolute atomic E-state index is 10.4. The van der Waals surface area contributed by atoms with Crippen molar-refractivity contribution in [1.29, 1.82) is 0 Å². The van der Waals surface area contributed by atoms with Gasteiger partial charge < -0.3 is 5.11 Å². The zero-order valence-corrected chi connectivity index (χ0v) is 20.0. The number of hydrogen-bond donors (Lipinski definition) is 1. The maximum atomic E-state index is 10.4. The summed E-state index contributed by atoms with van der Waals surface area (Å²) in [6.45, 7) is 2.27. The van der Waals surface area contributed by atoms with Crippen LogP contribution in [0.4, 0.5) is 0 Å². The van der Waals surface area contributed by atoms with Gasteiger partial charge in [-0.05, 0) is 44.9 Å². The molecule has 0 amide bonds. The fourth-order valence-corrected chi connectivity index (χ4v) is 3.60. The Kier molecular flexibility index (Phi) is 24.6. The first-order chi connectivity index (χ1) is 14.8. The Hall–Kier alpha value is -1.31. The van der Waals surface area contributed by atoms with Crippen LogP contribution in [0.15, 0.2) is 36.5 Å². The van der Waals surface area contributed by atoms with Crippen molar-refractivity contribution in [3.05, 3.63) is 36.5 Å². The lowest BCUT2D eigenvalue weighted by Gasteiger charge is -2.01. The van der Waals surface area contributed by atoms with Gasteiger partial charge in [0.25, 0.3) is 0 Å². The van der Waals surface area contributed by atoms with Gasteiger partial charge in [0.15, 0.2) is 0 Å². The van der Waals surface area contributed by atoms with E-state index in [9.17, 15) is 4.79 Å². The lowest BCUT2D eigenvalue weighted by Crippen LogP contribution is -1.93. The Labute approximate surface area is 187 Å². The molecule has 0 aromatic rings. The molecule has 0 aromatic carbocycles. The molecule has 0 saturated carbocycles. The number of hydrogen-bond acceptors (Lipinski definition) is 1. The molecule has 0 aliphatic carbocycles. The zero-order chi connectivity index (χ0) is 22.0. The molecule has 0 aliphatic rings. The minimum absolute atomic E-state index is 0.335. The Morgan fingerprint density at radius 1 is 0.533 bits per heavy atom. The van der Waals surface area contributed by atoms with E-state index in [-0.39, 0.29) is 0 Å². The Bertz CT molecular complexity index is 434. The SMILES string of the molecule is CCCCCCC/C=C\C/C=C\C/C=C\CCCCCCCCCCCCC(=O)O. The number of carboxylic acid groups (broad SMARTS) is 1. The minimum Gasteiger partial charge on any atom is -0.481 e. The Morgan fingerprint density at radius 2 is 0.900 bits per heavy atom. The molecule has 2 heteroatoms. The molecule has 0 aliphatic heterocycles. The van der Waals surface area contributed by atoms with E-state index in [0.717, 1.165) is 25.7 Å². The van der Waals surface area contributed by atoms with E-state index in [2.05, 4.69) is 43.4 Å². The second kappa shape index (κ2) is 25.7. The van der Waals surface area contributed by atoms with Crippen molar-refractivity contribution in [3.8, 4) is 0 Å². The Morgan fingerprint density at radius 3 is 1.33 bits per heavy atom. The standard InChI is InChI=1S/C28H50O2/c1-2-3-4-5-6-7-8-9-10-11-12-13-14-15-16-17-18-19-20-21-22-23-24-25-26-27-28(29)30/h8-9,11-12,14-15H,2-7,10,13,16-27H2,1H3,(H,29,30)/b9-8-,12-11-,15-14-. The molecule has 0 spiro atoms. The van der Waals surface area contributed by atoms with Crippen molar-refractivity contribution in [2.24, 2.45) is 0 Å². The van der Waals surface area contributed by atoms with Crippen LogP contribution in [0.5, 0.6) is 0 Å². The van der Waals surface area contributed by atoms with Crippen molar-refractivity contribution in [2.75, 3.05) is 0 Å². The summed E-state index contributed by atoms with van der Waals surface area (Å²) in [6.07, 6.45) is 38.1. The van der Waals surface area contributed by atoms with Crippen molar-refractivity contribution < 1.29 is 9.90 Å². The number of carbonyl (C=O) groups is 1. The lowest BCUT2D eigenvalue weighted by molar-refractivity contribution is -0.137. The molecule has 0 heterocycles. The number of aliphatic carboxylic acids is 1. The topological polar surface area (TPSA) is 37.3 Å². The van der Waals surface area contributed by atoms with E-state index in [1.165, 1.54) is 96.3 Å². The van der Waals surface area contributed by atoms with Gasteiger partial charge in [0.1, 0.15) is 0 Å². The molecule has 0 unspecified atom stereocenters. The molecule has 0 atom stereocenters. The van der Waals surface area contributed by atoms with Crippen molar-refractivity contribution in [2.45, 2.75) is 135 Å². The Balaban J connectivity index is 3.23. The van der Waals surface area contributed by atoms with Gasteiger partial charge in [-0.25, -0.2) is 0 Å². The second-order valence-corrected chi connectivity index (χ2v) is 8.56. The van der Waals surface area contributed by atoms with Gasteiger partial charge in [-0.2, -0.15) is 0 Å². The van der Waals surface area contributed by atoms with Crippen LogP contribution >= 0.6 is 0 Å². The lowest BCUT2D eigenvalue weighted by atomic mass is 10.1. The smallest absolute Gasteiger partial charge is 0.303 e. The quantitative estimate of drug-likeness (QED) is 0.132. The van der Waals surface area contributed by atoms with Crippen molar-refractivity contribution in [3.63, 3.8) is 0 Å². The summed E-state index contributed by atoms with van der Waals surface area (Å²) in [7, 11) is 0. The van der Waals surface area contributed by atoms with Crippen LogP contribution in [0.3, 0.4) is 0 Å². The molecule has 0 rings (SSSR count). The maximum Gasteiger partial charge on any atom is 0.303 e. The third-order valence-electron chi connectivity index (χ3n) is 5.53. The van der Waals surface area contributed by atoms with Crippen LogP contribution in [0.25, 0.3) is 0 Å². The van der Waals surface area contributed by atoms with Crippen LogP contribution in [0.1, 0.15) is 135 Å². The third-order valence-corrected chi connectivity index (χ3v) is 5.53. The van der Waals surface area contributed by atoms with E-state index >= 15 is 0 Å². The van der Waals surface area contributed by atoms with Crippen LogP contribution in [-0.2, 0) is 4.79 Å². The van der Waals surface area contributed by atoms with Gasteiger partial charge in [-0.15, -0.1) is 0 Å². The van der Waals surface area contributed by atoms with E-state index in [1.807, 2.05) is 0 Å². The molecule has 0 aromatic heterocycles. The van der Waals surface area contributed by atoms with Gasteiger partial charge in [0.2, 0.25) is 0 Å².